The van der Waals surface area contributed by atoms with Crippen molar-refractivity contribution in [3.63, 3.8) is 0 Å². The van der Waals surface area contributed by atoms with E-state index in [9.17, 15) is 4.79 Å². The second-order valence-corrected chi connectivity index (χ2v) is 4.82. The van der Waals surface area contributed by atoms with Gasteiger partial charge in [0.2, 0.25) is 5.82 Å². The molecule has 0 aliphatic heterocycles. The lowest BCUT2D eigenvalue weighted by Crippen LogP contribution is -2.12. The molecular weight excluding hydrogens is 359 g/mol. The van der Waals surface area contributed by atoms with Crippen LogP contribution in [0.15, 0.2) is 30.6 Å². The number of imidazole rings is 1. The van der Waals surface area contributed by atoms with E-state index in [-0.39, 0.29) is 5.82 Å². The molecule has 1 aromatic heterocycles. The molecule has 0 saturated heterocycles. The zero-order chi connectivity index (χ0) is 13.8. The second kappa shape index (κ2) is 6.05. The Kier molecular flexibility index (Phi) is 4.41. The van der Waals surface area contributed by atoms with E-state index in [0.717, 1.165) is 15.0 Å². The van der Waals surface area contributed by atoms with Gasteiger partial charge in [-0.15, -0.1) is 0 Å². The Morgan fingerprint density at radius 2 is 2.26 bits per heavy atom. The average molecular weight is 372 g/mol. The van der Waals surface area contributed by atoms with Crippen LogP contribution in [0.25, 0.3) is 5.69 Å². The van der Waals surface area contributed by atoms with Crippen LogP contribution in [-0.4, -0.2) is 29.2 Å². The lowest BCUT2D eigenvalue weighted by molar-refractivity contribution is 0.0510. The number of benzene rings is 1. The highest BCUT2D eigenvalue weighted by molar-refractivity contribution is 14.1. The van der Waals surface area contributed by atoms with Crippen molar-refractivity contribution in [3.8, 4) is 11.4 Å². The van der Waals surface area contributed by atoms with Crippen molar-refractivity contribution in [2.45, 2.75) is 6.92 Å². The average Bonchev–Trinajstić information content (AvgIpc) is 2.88. The summed E-state index contributed by atoms with van der Waals surface area (Å²) in [5, 5.41) is 0. The summed E-state index contributed by atoms with van der Waals surface area (Å²) >= 11 is 2.18. The van der Waals surface area contributed by atoms with E-state index >= 15 is 0 Å². The van der Waals surface area contributed by atoms with E-state index in [1.807, 2.05) is 18.2 Å². The van der Waals surface area contributed by atoms with Crippen molar-refractivity contribution >= 4 is 28.6 Å². The lowest BCUT2D eigenvalue weighted by atomic mass is 10.3. The van der Waals surface area contributed by atoms with E-state index in [0.29, 0.717) is 6.61 Å². The first kappa shape index (κ1) is 13.9. The number of nitrogens with zero attached hydrogens (tertiary/aromatic N) is 2. The Hall–Kier alpha value is -1.57. The third-order valence-corrected chi connectivity index (χ3v) is 3.36. The van der Waals surface area contributed by atoms with Crippen molar-refractivity contribution in [1.29, 1.82) is 0 Å². The fraction of sp³-hybridized carbons (Fsp3) is 0.231. The van der Waals surface area contributed by atoms with E-state index < -0.39 is 5.97 Å². The molecule has 0 atom stereocenters. The maximum atomic E-state index is 11.8. The van der Waals surface area contributed by atoms with E-state index in [1.54, 1.807) is 31.0 Å². The predicted molar refractivity (Wildman–Crippen MR) is 78.8 cm³/mol. The molecule has 6 heteroatoms. The SMILES string of the molecule is CCOC(=O)c1nccn1-c1ccc(OC)c(I)c1. The number of carbonyl (C=O) groups is 1. The smallest absolute Gasteiger partial charge is 0.374 e. The molecule has 5 nitrogen and oxygen atoms in total. The Morgan fingerprint density at radius 1 is 1.47 bits per heavy atom. The van der Waals surface area contributed by atoms with E-state index in [2.05, 4.69) is 27.6 Å². The van der Waals surface area contributed by atoms with Gasteiger partial charge in [0.25, 0.3) is 0 Å². The monoisotopic (exact) mass is 372 g/mol. The molecule has 0 fully saturated rings. The van der Waals surface area contributed by atoms with Crippen LogP contribution in [-0.2, 0) is 4.74 Å². The van der Waals surface area contributed by atoms with Crippen LogP contribution in [0, 0.1) is 3.57 Å². The fourth-order valence-electron chi connectivity index (χ4n) is 1.66. The number of esters is 1. The van der Waals surface area contributed by atoms with Gasteiger partial charge in [-0.2, -0.15) is 0 Å². The highest BCUT2D eigenvalue weighted by atomic mass is 127. The highest BCUT2D eigenvalue weighted by Crippen LogP contribution is 2.24. The summed E-state index contributed by atoms with van der Waals surface area (Å²) in [4.78, 5) is 15.8. The molecule has 0 radical (unpaired) electrons. The first-order chi connectivity index (χ1) is 9.17. The summed E-state index contributed by atoms with van der Waals surface area (Å²) in [6, 6.07) is 5.64. The number of halogens is 1. The molecule has 100 valence electrons. The Labute approximate surface area is 124 Å². The van der Waals surface area contributed by atoms with Gasteiger partial charge in [0.15, 0.2) is 0 Å². The third kappa shape index (κ3) is 2.89. The summed E-state index contributed by atoms with van der Waals surface area (Å²) in [7, 11) is 1.62. The minimum Gasteiger partial charge on any atom is -0.496 e. The van der Waals surface area contributed by atoms with Crippen molar-refractivity contribution in [2.24, 2.45) is 0 Å². The molecule has 0 aliphatic carbocycles. The maximum absolute atomic E-state index is 11.8. The molecule has 0 aliphatic rings. The Morgan fingerprint density at radius 3 is 2.89 bits per heavy atom. The first-order valence-corrected chi connectivity index (χ1v) is 6.79. The zero-order valence-corrected chi connectivity index (χ0v) is 12.7. The van der Waals surface area contributed by atoms with Crippen LogP contribution < -0.4 is 4.74 Å². The van der Waals surface area contributed by atoms with Gasteiger partial charge >= 0.3 is 5.97 Å². The van der Waals surface area contributed by atoms with Crippen molar-refractivity contribution in [1.82, 2.24) is 9.55 Å². The summed E-state index contributed by atoms with van der Waals surface area (Å²) < 4.78 is 12.8. The number of rotatable bonds is 4. The third-order valence-electron chi connectivity index (χ3n) is 2.51. The van der Waals surface area contributed by atoms with Crippen molar-refractivity contribution < 1.29 is 14.3 Å². The van der Waals surface area contributed by atoms with Crippen LogP contribution in [0.4, 0.5) is 0 Å². The molecule has 0 saturated carbocycles. The molecule has 0 spiro atoms. The lowest BCUT2D eigenvalue weighted by Gasteiger charge is -2.09. The van der Waals surface area contributed by atoms with Gasteiger partial charge in [0, 0.05) is 18.1 Å². The summed E-state index contributed by atoms with van der Waals surface area (Å²) in [6.45, 7) is 2.09. The van der Waals surface area contributed by atoms with E-state index in [1.165, 1.54) is 0 Å². The van der Waals surface area contributed by atoms with Gasteiger partial charge in [0.1, 0.15) is 5.75 Å². The molecule has 1 aromatic carbocycles. The normalized spacial score (nSPS) is 10.3. The van der Waals surface area contributed by atoms with E-state index in [4.69, 9.17) is 9.47 Å². The number of methoxy groups -OCH3 is 1. The minimum atomic E-state index is -0.432. The topological polar surface area (TPSA) is 53.3 Å². The molecule has 0 N–H and O–H groups in total. The van der Waals surface area contributed by atoms with Gasteiger partial charge in [0.05, 0.1) is 17.3 Å². The van der Waals surface area contributed by atoms with Crippen molar-refractivity contribution in [2.75, 3.05) is 13.7 Å². The standard InChI is InChI=1S/C13H13IN2O3/c1-3-19-13(17)12-15-6-7-16(12)9-4-5-11(18-2)10(14)8-9/h4-8H,3H2,1-2H3. The zero-order valence-electron chi connectivity index (χ0n) is 10.6. The predicted octanol–water partition coefficient (Wildman–Crippen LogP) is 2.66. The second-order valence-electron chi connectivity index (χ2n) is 3.66. The molecule has 2 aromatic rings. The maximum Gasteiger partial charge on any atom is 0.374 e. The molecule has 0 unspecified atom stereocenters. The summed E-state index contributed by atoms with van der Waals surface area (Å²) in [6.07, 6.45) is 3.30. The molecular formula is C13H13IN2O3. The van der Waals surface area contributed by atoms with Gasteiger partial charge in [-0.25, -0.2) is 9.78 Å². The first-order valence-electron chi connectivity index (χ1n) is 5.71. The van der Waals surface area contributed by atoms with Crippen molar-refractivity contribution in [3.05, 3.63) is 40.0 Å². The van der Waals surface area contributed by atoms with Gasteiger partial charge < -0.3 is 9.47 Å². The molecule has 19 heavy (non-hydrogen) atoms. The van der Waals surface area contributed by atoms with Gasteiger partial charge in [-0.3, -0.25) is 4.57 Å². The van der Waals surface area contributed by atoms with Crippen LogP contribution in [0.2, 0.25) is 0 Å². The summed E-state index contributed by atoms with van der Waals surface area (Å²) in [5.74, 6) is 0.628. The number of ether oxygens (including phenoxy) is 2. The number of hydrogen-bond donors (Lipinski definition) is 0. The fourth-order valence-corrected chi connectivity index (χ4v) is 2.38. The number of hydrogen-bond acceptors (Lipinski definition) is 4. The molecule has 0 bridgehead atoms. The summed E-state index contributed by atoms with van der Waals surface area (Å²) in [5.41, 5.74) is 0.839. The van der Waals surface area contributed by atoms with Crippen LogP contribution in [0.3, 0.4) is 0 Å². The molecule has 2 rings (SSSR count). The van der Waals surface area contributed by atoms with Gasteiger partial charge in [-0.05, 0) is 47.7 Å². The number of aromatic nitrogens is 2. The van der Waals surface area contributed by atoms with Crippen LogP contribution >= 0.6 is 22.6 Å². The van der Waals surface area contributed by atoms with Crippen LogP contribution in [0.5, 0.6) is 5.75 Å². The Balaban J connectivity index is 2.40. The minimum absolute atomic E-state index is 0.266. The quantitative estimate of drug-likeness (QED) is 0.612. The Bertz CT molecular complexity index is 595. The molecule has 0 amide bonds. The number of carbonyl (C=O) groups excluding carboxylic acids is 1. The van der Waals surface area contributed by atoms with Crippen LogP contribution in [0.1, 0.15) is 17.5 Å². The largest absolute Gasteiger partial charge is 0.496 e. The van der Waals surface area contributed by atoms with Gasteiger partial charge in [-0.1, -0.05) is 0 Å². The molecule has 1 heterocycles. The highest BCUT2D eigenvalue weighted by Gasteiger charge is 2.15.